The normalized spacial score (nSPS) is 19.6. The summed E-state index contributed by atoms with van der Waals surface area (Å²) in [4.78, 5) is 15.3. The lowest BCUT2D eigenvalue weighted by Gasteiger charge is -2.48. The number of hydrogen-bond acceptors (Lipinski definition) is 4. The quantitative estimate of drug-likeness (QED) is 0.749. The fourth-order valence-corrected chi connectivity index (χ4v) is 4.96. The van der Waals surface area contributed by atoms with E-state index in [1.165, 1.54) is 0 Å². The van der Waals surface area contributed by atoms with Crippen LogP contribution in [-0.4, -0.2) is 59.0 Å². The van der Waals surface area contributed by atoms with E-state index < -0.39 is 23.3 Å². The van der Waals surface area contributed by atoms with E-state index in [2.05, 4.69) is 15.3 Å². The first-order valence-electron chi connectivity index (χ1n) is 11.1. The highest BCUT2D eigenvalue weighted by molar-refractivity contribution is 5.95. The summed E-state index contributed by atoms with van der Waals surface area (Å²) in [5.74, 6) is -0.740. The van der Waals surface area contributed by atoms with Gasteiger partial charge in [-0.2, -0.15) is 18.3 Å². The van der Waals surface area contributed by atoms with Crippen molar-refractivity contribution in [3.05, 3.63) is 47.3 Å². The van der Waals surface area contributed by atoms with Gasteiger partial charge < -0.3 is 10.1 Å². The molecule has 0 spiro atoms. The largest absolute Gasteiger partial charge is 0.434 e. The second-order valence-corrected chi connectivity index (χ2v) is 8.67. The van der Waals surface area contributed by atoms with Crippen LogP contribution in [-0.2, 0) is 10.9 Å². The van der Waals surface area contributed by atoms with Gasteiger partial charge in [0.05, 0.1) is 30.7 Å². The molecule has 0 atom stereocenters. The van der Waals surface area contributed by atoms with Crippen LogP contribution in [0, 0.1) is 6.92 Å². The van der Waals surface area contributed by atoms with Gasteiger partial charge >= 0.3 is 6.18 Å². The summed E-state index contributed by atoms with van der Waals surface area (Å²) in [5.41, 5.74) is -0.790. The van der Waals surface area contributed by atoms with Crippen LogP contribution in [0.1, 0.15) is 53.7 Å². The molecule has 2 fully saturated rings. The zero-order valence-electron chi connectivity index (χ0n) is 18.2. The predicted molar refractivity (Wildman–Crippen MR) is 114 cm³/mol. The lowest BCUT2D eigenvalue weighted by atomic mass is 9.79. The molecule has 6 nitrogen and oxygen atoms in total. The Bertz CT molecular complexity index is 945. The molecule has 1 aliphatic heterocycles. The van der Waals surface area contributed by atoms with Gasteiger partial charge in [-0.15, -0.1) is 0 Å². The van der Waals surface area contributed by atoms with Crippen molar-refractivity contribution in [1.82, 2.24) is 20.0 Å². The molecular weight excluding hydrogens is 421 g/mol. The van der Waals surface area contributed by atoms with E-state index in [9.17, 15) is 18.0 Å². The minimum atomic E-state index is -4.72. The maximum atomic E-state index is 14.0. The Balaban J connectivity index is 1.60. The zero-order chi connectivity index (χ0) is 22.8. The van der Waals surface area contributed by atoms with Crippen molar-refractivity contribution in [1.29, 1.82) is 0 Å². The number of amides is 1. The second-order valence-electron chi connectivity index (χ2n) is 8.67. The lowest BCUT2D eigenvalue weighted by Crippen LogP contribution is -2.59. The van der Waals surface area contributed by atoms with Gasteiger partial charge in [-0.25, -0.2) is 4.68 Å². The van der Waals surface area contributed by atoms with Crippen LogP contribution in [0.25, 0.3) is 5.69 Å². The summed E-state index contributed by atoms with van der Waals surface area (Å²) >= 11 is 0. The third-order valence-corrected chi connectivity index (χ3v) is 6.67. The molecule has 4 rings (SSSR count). The van der Waals surface area contributed by atoms with Crippen LogP contribution in [0.2, 0.25) is 0 Å². The molecule has 174 valence electrons. The summed E-state index contributed by atoms with van der Waals surface area (Å²) in [6.45, 7) is 4.85. The lowest BCUT2D eigenvalue weighted by molar-refractivity contribution is -0.143. The Morgan fingerprint density at radius 1 is 1.16 bits per heavy atom. The van der Waals surface area contributed by atoms with Crippen LogP contribution in [0.3, 0.4) is 0 Å². The number of carbonyl (C=O) groups excluding carboxylic acids is 1. The first-order valence-corrected chi connectivity index (χ1v) is 11.1. The van der Waals surface area contributed by atoms with Gasteiger partial charge in [0.15, 0.2) is 5.69 Å². The molecule has 1 N–H and O–H groups in total. The first kappa shape index (κ1) is 22.8. The summed E-state index contributed by atoms with van der Waals surface area (Å²) in [6, 6.07) is 6.68. The molecule has 2 aromatic rings. The summed E-state index contributed by atoms with van der Waals surface area (Å²) in [7, 11) is 0. The summed E-state index contributed by atoms with van der Waals surface area (Å²) < 4.78 is 48.3. The van der Waals surface area contributed by atoms with E-state index in [-0.39, 0.29) is 5.54 Å². The molecule has 1 saturated heterocycles. The number of aromatic nitrogens is 2. The number of benzene rings is 1. The number of nitrogens with one attached hydrogen (secondary N) is 1. The van der Waals surface area contributed by atoms with Gasteiger partial charge in [-0.3, -0.25) is 9.69 Å². The minimum Gasteiger partial charge on any atom is -0.379 e. The monoisotopic (exact) mass is 450 g/mol. The Labute approximate surface area is 185 Å². The average Bonchev–Trinajstić information content (AvgIpc) is 3.25. The maximum absolute atomic E-state index is 14.0. The molecule has 9 heteroatoms. The van der Waals surface area contributed by atoms with E-state index in [1.807, 2.05) is 0 Å². The van der Waals surface area contributed by atoms with E-state index >= 15 is 0 Å². The van der Waals surface area contributed by atoms with Crippen molar-refractivity contribution in [2.45, 2.75) is 50.7 Å². The molecule has 1 saturated carbocycles. The Hall–Kier alpha value is -2.39. The first-order chi connectivity index (χ1) is 15.3. The highest BCUT2D eigenvalue weighted by Gasteiger charge is 2.42. The Kier molecular flexibility index (Phi) is 6.57. The zero-order valence-corrected chi connectivity index (χ0v) is 18.2. The number of hydrogen-bond donors (Lipinski definition) is 1. The number of carbonyl (C=O) groups is 1. The smallest absolute Gasteiger partial charge is 0.379 e. The predicted octanol–water partition coefficient (Wildman–Crippen LogP) is 3.96. The van der Waals surface area contributed by atoms with Gasteiger partial charge in [0, 0.05) is 25.2 Å². The van der Waals surface area contributed by atoms with Crippen molar-refractivity contribution in [3.63, 3.8) is 0 Å². The van der Waals surface area contributed by atoms with E-state index in [1.54, 1.807) is 31.2 Å². The van der Waals surface area contributed by atoms with E-state index in [0.717, 1.165) is 56.1 Å². The molecule has 1 aliphatic carbocycles. The minimum absolute atomic E-state index is 0.234. The highest BCUT2D eigenvalue weighted by Crippen LogP contribution is 2.36. The SMILES string of the molecule is Cc1ccccc1-n1ncc(C(=O)NCC2(N3CCOCC3)CCCCC2)c1C(F)(F)F. The molecule has 0 unspecified atom stereocenters. The van der Waals surface area contributed by atoms with E-state index in [4.69, 9.17) is 4.74 Å². The number of rotatable bonds is 5. The Morgan fingerprint density at radius 2 is 1.84 bits per heavy atom. The number of morpholine rings is 1. The molecule has 1 aromatic heterocycles. The standard InChI is InChI=1S/C23H29F3N4O2/c1-17-7-3-4-8-19(17)30-20(23(24,25)26)18(15-28-30)21(31)27-16-22(9-5-2-6-10-22)29-11-13-32-14-12-29/h3-4,7-8,15H,2,5-6,9-14,16H2,1H3,(H,27,31). The van der Waals surface area contributed by atoms with Gasteiger partial charge in [0.2, 0.25) is 0 Å². The van der Waals surface area contributed by atoms with Crippen LogP contribution in [0.15, 0.2) is 30.5 Å². The number of halogens is 3. The van der Waals surface area contributed by atoms with Crippen molar-refractivity contribution in [3.8, 4) is 5.69 Å². The molecule has 0 radical (unpaired) electrons. The van der Waals surface area contributed by atoms with Crippen LogP contribution >= 0.6 is 0 Å². The third-order valence-electron chi connectivity index (χ3n) is 6.67. The number of alkyl halides is 3. The number of ether oxygens (including phenoxy) is 1. The third kappa shape index (κ3) is 4.54. The van der Waals surface area contributed by atoms with Crippen molar-refractivity contribution >= 4 is 5.91 Å². The second kappa shape index (κ2) is 9.23. The number of aryl methyl sites for hydroxylation is 1. The van der Waals surface area contributed by atoms with Gasteiger partial charge in [0.25, 0.3) is 5.91 Å². The fraction of sp³-hybridized carbons (Fsp3) is 0.565. The highest BCUT2D eigenvalue weighted by atomic mass is 19.4. The van der Waals surface area contributed by atoms with Gasteiger partial charge in [-0.1, -0.05) is 37.5 Å². The Morgan fingerprint density at radius 3 is 2.50 bits per heavy atom. The summed E-state index contributed by atoms with van der Waals surface area (Å²) in [6.07, 6.45) is 1.37. The maximum Gasteiger partial charge on any atom is 0.434 e. The van der Waals surface area contributed by atoms with Crippen molar-refractivity contribution in [2.24, 2.45) is 0 Å². The molecule has 2 heterocycles. The van der Waals surface area contributed by atoms with Crippen LogP contribution in [0.5, 0.6) is 0 Å². The summed E-state index contributed by atoms with van der Waals surface area (Å²) in [5, 5.41) is 6.77. The van der Waals surface area contributed by atoms with Crippen LogP contribution < -0.4 is 5.32 Å². The molecule has 0 bridgehead atoms. The van der Waals surface area contributed by atoms with Crippen molar-refractivity contribution in [2.75, 3.05) is 32.8 Å². The molecule has 1 amide bonds. The average molecular weight is 451 g/mol. The fourth-order valence-electron chi connectivity index (χ4n) is 4.96. The molecule has 1 aromatic carbocycles. The van der Waals surface area contributed by atoms with Gasteiger partial charge in [0.1, 0.15) is 0 Å². The topological polar surface area (TPSA) is 59.4 Å². The molecule has 2 aliphatic rings. The molecule has 32 heavy (non-hydrogen) atoms. The number of para-hydroxylation sites is 1. The molecular formula is C23H29F3N4O2. The van der Waals surface area contributed by atoms with Crippen LogP contribution in [0.4, 0.5) is 13.2 Å². The van der Waals surface area contributed by atoms with E-state index in [0.29, 0.717) is 31.0 Å². The van der Waals surface area contributed by atoms with Crippen molar-refractivity contribution < 1.29 is 22.7 Å². The number of nitrogens with zero attached hydrogens (tertiary/aromatic N) is 3. The van der Waals surface area contributed by atoms with Gasteiger partial charge in [-0.05, 0) is 31.4 Å².